The van der Waals surface area contributed by atoms with Crippen molar-refractivity contribution in [3.8, 4) is 0 Å². The first-order valence-electron chi connectivity index (χ1n) is 5.48. The van der Waals surface area contributed by atoms with Crippen LogP contribution in [-0.2, 0) is 10.0 Å². The van der Waals surface area contributed by atoms with E-state index in [1.807, 2.05) is 0 Å². The molecule has 1 rings (SSSR count). The first kappa shape index (κ1) is 15.1. The van der Waals surface area contributed by atoms with Gasteiger partial charge in [0.05, 0.1) is 10.7 Å². The number of anilines is 2. The van der Waals surface area contributed by atoms with Crippen molar-refractivity contribution in [2.24, 2.45) is 0 Å². The third kappa shape index (κ3) is 4.67. The molecule has 0 amide bonds. The van der Waals surface area contributed by atoms with Crippen LogP contribution in [0, 0.1) is 10.1 Å². The zero-order valence-corrected chi connectivity index (χ0v) is 11.1. The van der Waals surface area contributed by atoms with E-state index in [1.54, 1.807) is 6.92 Å². The van der Waals surface area contributed by atoms with Crippen molar-refractivity contribution in [1.82, 2.24) is 9.71 Å². The summed E-state index contributed by atoms with van der Waals surface area (Å²) in [5.41, 5.74) is 5.12. The molecule has 0 aliphatic carbocycles. The molecule has 0 saturated heterocycles. The number of nitrogens with zero attached hydrogens (tertiary/aromatic N) is 2. The molecular formula is C9H15N5O4S. The molecule has 1 aromatic heterocycles. The van der Waals surface area contributed by atoms with E-state index >= 15 is 0 Å². The Balaban J connectivity index is 2.60. The number of nitrogens with two attached hydrogens (primary N) is 1. The van der Waals surface area contributed by atoms with Crippen molar-refractivity contribution < 1.29 is 13.3 Å². The maximum Gasteiger partial charge on any atom is 0.311 e. The SMILES string of the molecule is CCNS(=O)(=O)CCNc1ccc([N+](=O)[O-])c(N)n1. The second-order valence-electron chi connectivity index (χ2n) is 3.60. The number of pyridine rings is 1. The minimum atomic E-state index is -3.31. The van der Waals surface area contributed by atoms with Gasteiger partial charge in [-0.05, 0) is 6.07 Å². The zero-order chi connectivity index (χ0) is 14.5. The Morgan fingerprint density at radius 1 is 1.47 bits per heavy atom. The molecule has 0 atom stereocenters. The predicted octanol–water partition coefficient (Wildman–Crippen LogP) is -0.0768. The van der Waals surface area contributed by atoms with Crippen molar-refractivity contribution in [3.63, 3.8) is 0 Å². The maximum absolute atomic E-state index is 11.3. The number of sulfonamides is 1. The molecule has 1 aromatic rings. The summed E-state index contributed by atoms with van der Waals surface area (Å²) in [6, 6.07) is 2.58. The smallest absolute Gasteiger partial charge is 0.311 e. The highest BCUT2D eigenvalue weighted by atomic mass is 32.2. The van der Waals surface area contributed by atoms with Gasteiger partial charge in [0, 0.05) is 19.2 Å². The summed E-state index contributed by atoms with van der Waals surface area (Å²) in [4.78, 5) is 13.7. The molecule has 9 nitrogen and oxygen atoms in total. The molecule has 0 bridgehead atoms. The lowest BCUT2D eigenvalue weighted by Gasteiger charge is -2.07. The molecule has 4 N–H and O–H groups in total. The first-order valence-corrected chi connectivity index (χ1v) is 7.13. The Kier molecular flexibility index (Phi) is 5.01. The number of nitro groups is 1. The number of hydrogen-bond donors (Lipinski definition) is 3. The van der Waals surface area contributed by atoms with Crippen molar-refractivity contribution in [1.29, 1.82) is 0 Å². The number of aromatic nitrogens is 1. The van der Waals surface area contributed by atoms with Gasteiger partial charge in [-0.1, -0.05) is 6.92 Å². The lowest BCUT2D eigenvalue weighted by Crippen LogP contribution is -2.29. The second-order valence-corrected chi connectivity index (χ2v) is 5.53. The predicted molar refractivity (Wildman–Crippen MR) is 71.3 cm³/mol. The highest BCUT2D eigenvalue weighted by molar-refractivity contribution is 7.89. The summed E-state index contributed by atoms with van der Waals surface area (Å²) in [5, 5.41) is 13.3. The largest absolute Gasteiger partial charge is 0.378 e. The van der Waals surface area contributed by atoms with Gasteiger partial charge in [-0.2, -0.15) is 0 Å². The summed E-state index contributed by atoms with van der Waals surface area (Å²) in [7, 11) is -3.31. The molecule has 0 aliphatic rings. The van der Waals surface area contributed by atoms with E-state index in [0.717, 1.165) is 0 Å². The number of hydrogen-bond acceptors (Lipinski definition) is 7. The third-order valence-electron chi connectivity index (χ3n) is 2.14. The second kappa shape index (κ2) is 6.29. The van der Waals surface area contributed by atoms with E-state index in [9.17, 15) is 18.5 Å². The molecular weight excluding hydrogens is 274 g/mol. The van der Waals surface area contributed by atoms with Gasteiger partial charge in [0.2, 0.25) is 15.8 Å². The molecule has 0 radical (unpaired) electrons. The third-order valence-corrected chi connectivity index (χ3v) is 3.61. The molecule has 10 heteroatoms. The Labute approximate surface area is 110 Å². The van der Waals surface area contributed by atoms with Gasteiger partial charge in [-0.25, -0.2) is 18.1 Å². The van der Waals surface area contributed by atoms with Crippen molar-refractivity contribution >= 4 is 27.3 Å². The van der Waals surface area contributed by atoms with E-state index < -0.39 is 14.9 Å². The van der Waals surface area contributed by atoms with E-state index in [1.165, 1.54) is 12.1 Å². The monoisotopic (exact) mass is 289 g/mol. The Morgan fingerprint density at radius 2 is 2.16 bits per heavy atom. The first-order chi connectivity index (χ1) is 8.85. The average Bonchev–Trinajstić information content (AvgIpc) is 2.28. The van der Waals surface area contributed by atoms with Crippen LogP contribution in [0.4, 0.5) is 17.3 Å². The van der Waals surface area contributed by atoms with E-state index in [-0.39, 0.29) is 29.6 Å². The van der Waals surface area contributed by atoms with Crippen LogP contribution in [0.5, 0.6) is 0 Å². The summed E-state index contributed by atoms with van der Waals surface area (Å²) in [6.45, 7) is 2.13. The van der Waals surface area contributed by atoms with E-state index in [2.05, 4.69) is 15.0 Å². The molecule has 0 fully saturated rings. The molecule has 19 heavy (non-hydrogen) atoms. The van der Waals surface area contributed by atoms with Crippen LogP contribution < -0.4 is 15.8 Å². The van der Waals surface area contributed by atoms with Gasteiger partial charge >= 0.3 is 5.69 Å². The van der Waals surface area contributed by atoms with Crippen LogP contribution in [0.1, 0.15) is 6.92 Å². The van der Waals surface area contributed by atoms with Crippen molar-refractivity contribution in [2.75, 3.05) is 29.9 Å². The molecule has 0 spiro atoms. The molecule has 0 unspecified atom stereocenters. The van der Waals surface area contributed by atoms with Crippen LogP contribution in [0.15, 0.2) is 12.1 Å². The van der Waals surface area contributed by atoms with Crippen molar-refractivity contribution in [3.05, 3.63) is 22.2 Å². The molecule has 106 valence electrons. The molecule has 0 saturated carbocycles. The minimum absolute atomic E-state index is 0.125. The van der Waals surface area contributed by atoms with Crippen LogP contribution in [0.25, 0.3) is 0 Å². The Morgan fingerprint density at radius 3 is 2.68 bits per heavy atom. The normalized spacial score (nSPS) is 11.2. The fourth-order valence-electron chi connectivity index (χ4n) is 1.33. The number of rotatable bonds is 7. The molecule has 0 aromatic carbocycles. The van der Waals surface area contributed by atoms with Crippen LogP contribution >= 0.6 is 0 Å². The lowest BCUT2D eigenvalue weighted by molar-refractivity contribution is -0.384. The summed E-state index contributed by atoms with van der Waals surface area (Å²) in [5.74, 6) is -0.0568. The topological polar surface area (TPSA) is 140 Å². The van der Waals surface area contributed by atoms with Crippen LogP contribution in [-0.4, -0.2) is 37.2 Å². The average molecular weight is 289 g/mol. The number of nitrogen functional groups attached to an aromatic ring is 1. The quantitative estimate of drug-likeness (QED) is 0.471. The van der Waals surface area contributed by atoms with Gasteiger partial charge < -0.3 is 11.1 Å². The Hall–Kier alpha value is -1.94. The van der Waals surface area contributed by atoms with Gasteiger partial charge in [0.25, 0.3) is 0 Å². The summed E-state index contributed by atoms with van der Waals surface area (Å²) < 4.78 is 25.0. The molecule has 1 heterocycles. The van der Waals surface area contributed by atoms with E-state index in [0.29, 0.717) is 6.54 Å². The number of nitrogens with one attached hydrogen (secondary N) is 2. The Bertz CT molecular complexity index is 560. The van der Waals surface area contributed by atoms with Gasteiger partial charge in [0.15, 0.2) is 0 Å². The summed E-state index contributed by atoms with van der Waals surface area (Å²) >= 11 is 0. The van der Waals surface area contributed by atoms with Gasteiger partial charge in [0.1, 0.15) is 5.82 Å². The van der Waals surface area contributed by atoms with Crippen LogP contribution in [0.2, 0.25) is 0 Å². The summed E-state index contributed by atoms with van der Waals surface area (Å²) in [6.07, 6.45) is 0. The standard InChI is InChI=1S/C9H15N5O4S/c1-2-12-19(17,18)6-5-11-8-4-3-7(14(15)16)9(10)13-8/h3-4,12H,2,5-6H2,1H3,(H3,10,11,13). The minimum Gasteiger partial charge on any atom is -0.378 e. The fraction of sp³-hybridized carbons (Fsp3) is 0.444. The van der Waals surface area contributed by atoms with Gasteiger partial charge in [-0.3, -0.25) is 10.1 Å². The zero-order valence-electron chi connectivity index (χ0n) is 10.3. The van der Waals surface area contributed by atoms with Crippen molar-refractivity contribution in [2.45, 2.75) is 6.92 Å². The lowest BCUT2D eigenvalue weighted by atomic mass is 10.4. The van der Waals surface area contributed by atoms with Gasteiger partial charge in [-0.15, -0.1) is 0 Å². The highest BCUT2D eigenvalue weighted by Crippen LogP contribution is 2.20. The molecule has 0 aliphatic heterocycles. The van der Waals surface area contributed by atoms with Crippen LogP contribution in [0.3, 0.4) is 0 Å². The highest BCUT2D eigenvalue weighted by Gasteiger charge is 2.13. The van der Waals surface area contributed by atoms with E-state index in [4.69, 9.17) is 5.73 Å². The maximum atomic E-state index is 11.3. The fourth-order valence-corrected chi connectivity index (χ4v) is 2.28.